The van der Waals surface area contributed by atoms with Gasteiger partial charge in [0, 0.05) is 7.49 Å². The van der Waals surface area contributed by atoms with E-state index < -0.39 is 0 Å². The van der Waals surface area contributed by atoms with Crippen LogP contribution in [0.15, 0.2) is 16.8 Å². The van der Waals surface area contributed by atoms with E-state index in [-0.39, 0.29) is 7.31 Å². The minimum atomic E-state index is 0. The van der Waals surface area contributed by atoms with Crippen LogP contribution in [0.4, 0.5) is 5.88 Å². The van der Waals surface area contributed by atoms with Crippen LogP contribution in [0.25, 0.3) is 0 Å². The fraction of sp³-hybridized carbons (Fsp3) is 0. The van der Waals surface area contributed by atoms with E-state index in [0.717, 1.165) is 0 Å². The SMILES string of the molecule is ONc1ccno1.[HH]. The Bertz CT molecular complexity index is 130. The molecule has 0 saturated heterocycles. The summed E-state index contributed by atoms with van der Waals surface area (Å²) in [4.78, 5) is 0. The monoisotopic (exact) mass is 102 g/mol. The maximum Gasteiger partial charge on any atom is 0.247 e. The predicted molar refractivity (Wildman–Crippen MR) is 24.0 cm³/mol. The number of hydrogen-bond donors (Lipinski definition) is 2. The molecule has 1 aromatic rings. The Kier molecular flexibility index (Phi) is 0.953. The van der Waals surface area contributed by atoms with Crippen LogP contribution in [0.2, 0.25) is 0 Å². The number of hydrogen-bond acceptors (Lipinski definition) is 4. The number of nitrogens with one attached hydrogen (secondary N) is 1. The van der Waals surface area contributed by atoms with Crippen LogP contribution < -0.4 is 5.48 Å². The molecule has 0 atom stereocenters. The van der Waals surface area contributed by atoms with Crippen molar-refractivity contribution in [3.8, 4) is 0 Å². The lowest BCUT2D eigenvalue weighted by Crippen LogP contribution is -1.83. The van der Waals surface area contributed by atoms with Crippen LogP contribution in [0.1, 0.15) is 1.43 Å². The van der Waals surface area contributed by atoms with Gasteiger partial charge in [-0.05, 0) is 0 Å². The quantitative estimate of drug-likeness (QED) is 0.513. The van der Waals surface area contributed by atoms with E-state index in [9.17, 15) is 0 Å². The van der Waals surface area contributed by atoms with Gasteiger partial charge < -0.3 is 4.52 Å². The van der Waals surface area contributed by atoms with Gasteiger partial charge in [0.05, 0.1) is 6.20 Å². The Morgan fingerprint density at radius 2 is 2.86 bits per heavy atom. The van der Waals surface area contributed by atoms with E-state index in [4.69, 9.17) is 5.21 Å². The van der Waals surface area contributed by atoms with Gasteiger partial charge in [-0.15, -0.1) is 0 Å². The fourth-order valence-electron chi connectivity index (χ4n) is 0.273. The van der Waals surface area contributed by atoms with E-state index in [1.807, 2.05) is 0 Å². The zero-order chi connectivity index (χ0) is 5.11. The molecule has 4 heteroatoms. The largest absolute Gasteiger partial charge is 0.337 e. The third-order valence-corrected chi connectivity index (χ3v) is 0.548. The van der Waals surface area contributed by atoms with Crippen LogP contribution in [0.3, 0.4) is 0 Å². The van der Waals surface area contributed by atoms with Crippen LogP contribution in [-0.2, 0) is 0 Å². The molecule has 0 aliphatic rings. The van der Waals surface area contributed by atoms with E-state index in [1.54, 1.807) is 5.48 Å². The summed E-state index contributed by atoms with van der Waals surface area (Å²) >= 11 is 0. The topological polar surface area (TPSA) is 58.3 Å². The lowest BCUT2D eigenvalue weighted by Gasteiger charge is -1.81. The van der Waals surface area contributed by atoms with Gasteiger partial charge >= 0.3 is 0 Å². The molecule has 0 fully saturated rings. The molecular weight excluding hydrogens is 96.0 g/mol. The summed E-state index contributed by atoms with van der Waals surface area (Å²) in [5.74, 6) is 0.250. The molecule has 2 N–H and O–H groups in total. The standard InChI is InChI=1S/C3H4N2O2.H2/c6-5-3-1-2-4-7-3;/h1-2,5-6H;1H. The number of nitrogens with zero attached hydrogens (tertiary/aromatic N) is 1. The van der Waals surface area contributed by atoms with Crippen LogP contribution in [0, 0.1) is 0 Å². The molecule has 1 rings (SSSR count). The van der Waals surface area contributed by atoms with Crippen LogP contribution in [0.5, 0.6) is 0 Å². The van der Waals surface area contributed by atoms with Crippen molar-refractivity contribution in [1.29, 1.82) is 0 Å². The molecule has 0 saturated carbocycles. The van der Waals surface area contributed by atoms with Crippen molar-refractivity contribution in [3.63, 3.8) is 0 Å². The molecular formula is C3H6N2O2. The van der Waals surface area contributed by atoms with E-state index in [2.05, 4.69) is 9.68 Å². The number of aromatic nitrogens is 1. The summed E-state index contributed by atoms with van der Waals surface area (Å²) < 4.78 is 4.37. The Hall–Kier alpha value is -1.03. The Morgan fingerprint density at radius 1 is 2.00 bits per heavy atom. The minimum Gasteiger partial charge on any atom is -0.337 e. The minimum absolute atomic E-state index is 0. The van der Waals surface area contributed by atoms with Crippen molar-refractivity contribution in [2.45, 2.75) is 0 Å². The smallest absolute Gasteiger partial charge is 0.247 e. The van der Waals surface area contributed by atoms with Gasteiger partial charge in [0.25, 0.3) is 0 Å². The van der Waals surface area contributed by atoms with E-state index in [0.29, 0.717) is 0 Å². The van der Waals surface area contributed by atoms with Gasteiger partial charge in [-0.2, -0.15) is 0 Å². The van der Waals surface area contributed by atoms with Gasteiger partial charge in [0.2, 0.25) is 5.88 Å². The van der Waals surface area contributed by atoms with Gasteiger partial charge in [0.15, 0.2) is 0 Å². The molecule has 0 aromatic carbocycles. The highest BCUT2D eigenvalue weighted by Gasteiger charge is 1.86. The third-order valence-electron chi connectivity index (χ3n) is 0.548. The van der Waals surface area contributed by atoms with Crippen molar-refractivity contribution >= 4 is 5.88 Å². The molecule has 1 heterocycles. The van der Waals surface area contributed by atoms with Crippen molar-refractivity contribution in [3.05, 3.63) is 12.3 Å². The Balaban J connectivity index is 0.000000490. The number of anilines is 1. The molecule has 0 amide bonds. The summed E-state index contributed by atoms with van der Waals surface area (Å²) in [6.45, 7) is 0. The predicted octanol–water partition coefficient (Wildman–Crippen LogP) is 0.722. The van der Waals surface area contributed by atoms with Gasteiger partial charge in [-0.25, -0.2) is 5.48 Å². The van der Waals surface area contributed by atoms with Crippen molar-refractivity contribution in [2.24, 2.45) is 0 Å². The normalized spacial score (nSPS) is 8.71. The first-order chi connectivity index (χ1) is 3.43. The lowest BCUT2D eigenvalue weighted by atomic mass is 10.7. The summed E-state index contributed by atoms with van der Waals surface area (Å²) in [5, 5.41) is 11.3. The van der Waals surface area contributed by atoms with E-state index in [1.165, 1.54) is 12.3 Å². The Labute approximate surface area is 41.2 Å². The van der Waals surface area contributed by atoms with Crippen molar-refractivity contribution < 1.29 is 11.2 Å². The summed E-state index contributed by atoms with van der Waals surface area (Å²) in [6, 6.07) is 1.50. The highest BCUT2D eigenvalue weighted by molar-refractivity contribution is 5.22. The van der Waals surface area contributed by atoms with Gasteiger partial charge in [-0.3, -0.25) is 5.21 Å². The maximum atomic E-state index is 8.04. The molecule has 1 aromatic heterocycles. The zero-order valence-electron chi connectivity index (χ0n) is 3.46. The highest BCUT2D eigenvalue weighted by Crippen LogP contribution is 1.99. The number of rotatable bonds is 1. The van der Waals surface area contributed by atoms with Crippen molar-refractivity contribution in [2.75, 3.05) is 5.48 Å². The van der Waals surface area contributed by atoms with E-state index >= 15 is 0 Å². The lowest BCUT2D eigenvalue weighted by molar-refractivity contribution is 0.337. The van der Waals surface area contributed by atoms with Crippen molar-refractivity contribution in [1.82, 2.24) is 5.16 Å². The molecule has 4 nitrogen and oxygen atoms in total. The van der Waals surface area contributed by atoms with Gasteiger partial charge in [0.1, 0.15) is 0 Å². The summed E-state index contributed by atoms with van der Waals surface area (Å²) in [6.07, 6.45) is 1.43. The first kappa shape index (κ1) is 4.14. The molecule has 0 aliphatic carbocycles. The summed E-state index contributed by atoms with van der Waals surface area (Å²) in [5.41, 5.74) is 1.78. The molecule has 0 spiro atoms. The van der Waals surface area contributed by atoms with Gasteiger partial charge in [-0.1, -0.05) is 5.16 Å². The molecule has 0 unspecified atom stereocenters. The molecule has 0 bridgehead atoms. The maximum absolute atomic E-state index is 8.04. The van der Waals surface area contributed by atoms with Crippen LogP contribution >= 0.6 is 0 Å². The second-order valence-electron chi connectivity index (χ2n) is 0.988. The molecule has 40 valence electrons. The third kappa shape index (κ3) is 0.690. The average Bonchev–Trinajstić information content (AvgIpc) is 2.14. The first-order valence-electron chi connectivity index (χ1n) is 1.74. The highest BCUT2D eigenvalue weighted by atomic mass is 16.5. The summed E-state index contributed by atoms with van der Waals surface area (Å²) in [7, 11) is 0. The average molecular weight is 102 g/mol. The molecule has 7 heavy (non-hydrogen) atoms. The van der Waals surface area contributed by atoms with Crippen LogP contribution in [-0.4, -0.2) is 10.4 Å². The fourth-order valence-corrected chi connectivity index (χ4v) is 0.273. The molecule has 0 aliphatic heterocycles. The second-order valence-corrected chi connectivity index (χ2v) is 0.988. The first-order valence-corrected chi connectivity index (χ1v) is 1.74. The zero-order valence-corrected chi connectivity index (χ0v) is 3.46. The Morgan fingerprint density at radius 3 is 3.14 bits per heavy atom. The molecule has 0 radical (unpaired) electrons. The second kappa shape index (κ2) is 1.61.